The van der Waals surface area contributed by atoms with Gasteiger partial charge in [0.25, 0.3) is 5.69 Å². The molecule has 1 saturated heterocycles. The van der Waals surface area contributed by atoms with E-state index < -0.39 is 4.92 Å². The molecule has 3 heterocycles. The van der Waals surface area contributed by atoms with E-state index in [9.17, 15) is 14.9 Å². The summed E-state index contributed by atoms with van der Waals surface area (Å²) in [7, 11) is 3.08. The van der Waals surface area contributed by atoms with Crippen LogP contribution in [0.15, 0.2) is 66.9 Å². The molecule has 42 heavy (non-hydrogen) atoms. The Morgan fingerprint density at radius 2 is 1.81 bits per heavy atom. The van der Waals surface area contributed by atoms with Crippen LogP contribution in [0.2, 0.25) is 0 Å². The first kappa shape index (κ1) is 28.6. The van der Waals surface area contributed by atoms with Gasteiger partial charge in [-0.1, -0.05) is 6.07 Å². The summed E-state index contributed by atoms with van der Waals surface area (Å²) in [6, 6.07) is 17.1. The third kappa shape index (κ3) is 5.12. The van der Waals surface area contributed by atoms with E-state index in [1.165, 1.54) is 26.2 Å². The molecule has 2 aromatic heterocycles. The minimum atomic E-state index is -0.424. The van der Waals surface area contributed by atoms with Gasteiger partial charge < -0.3 is 29.6 Å². The van der Waals surface area contributed by atoms with Crippen molar-refractivity contribution in [2.45, 2.75) is 32.9 Å². The van der Waals surface area contributed by atoms with Crippen molar-refractivity contribution in [1.82, 2.24) is 14.9 Å². The molecule has 0 unspecified atom stereocenters. The smallest absolute Gasteiger partial charge is 0.271 e. The fourth-order valence-electron chi connectivity index (χ4n) is 5.51. The highest BCUT2D eigenvalue weighted by molar-refractivity contribution is 7.80. The number of aryl methyl sites for hydroxylation is 1. The number of nitrogens with zero attached hydrogens (tertiary/aromatic N) is 4. The number of non-ortho nitro benzene ring substituents is 1. The van der Waals surface area contributed by atoms with Crippen molar-refractivity contribution >= 4 is 40.3 Å². The minimum Gasteiger partial charge on any atom is -0.495 e. The number of nitro groups is 1. The Morgan fingerprint density at radius 1 is 1.07 bits per heavy atom. The van der Waals surface area contributed by atoms with Crippen molar-refractivity contribution in [2.24, 2.45) is 0 Å². The molecule has 0 bridgehead atoms. The maximum atomic E-state index is 12.0. The number of aromatic nitrogens is 2. The first-order valence-corrected chi connectivity index (χ1v) is 13.5. The number of nitrogens with one attached hydrogen (secondary N) is 2. The molecule has 1 aliphatic heterocycles. The number of ether oxygens (including phenoxy) is 2. The Labute approximate surface area is 248 Å². The summed E-state index contributed by atoms with van der Waals surface area (Å²) in [6.45, 7) is 5.34. The summed E-state index contributed by atoms with van der Waals surface area (Å²) < 4.78 is 13.0. The number of benzene rings is 2. The first-order valence-electron chi connectivity index (χ1n) is 13.1. The van der Waals surface area contributed by atoms with Gasteiger partial charge >= 0.3 is 0 Å². The second kappa shape index (κ2) is 11.5. The molecular formula is C30H30N6O5S. The molecule has 0 radical (unpaired) electrons. The highest BCUT2D eigenvalue weighted by atomic mass is 32.1. The topological polar surface area (TPSA) is 124 Å². The van der Waals surface area contributed by atoms with Crippen molar-refractivity contribution in [2.75, 3.05) is 24.4 Å². The molecule has 2 aromatic carbocycles. The van der Waals surface area contributed by atoms with Crippen molar-refractivity contribution in [1.29, 1.82) is 0 Å². The predicted octanol–water partition coefficient (Wildman–Crippen LogP) is 5.55. The summed E-state index contributed by atoms with van der Waals surface area (Å²) in [5, 5.41) is 18.4. The van der Waals surface area contributed by atoms with Gasteiger partial charge in [-0.15, -0.1) is 0 Å². The number of carbonyl (C=O) groups excluding carboxylic acids is 1. The molecule has 4 aromatic rings. The molecule has 0 aliphatic carbocycles. The van der Waals surface area contributed by atoms with Gasteiger partial charge in [-0.05, 0) is 74.1 Å². The molecule has 2 atom stereocenters. The number of anilines is 2. The molecular weight excluding hydrogens is 556 g/mol. The Hall–Kier alpha value is -4.97. The molecule has 1 aliphatic rings. The monoisotopic (exact) mass is 586 g/mol. The average molecular weight is 587 g/mol. The van der Waals surface area contributed by atoms with Crippen LogP contribution in [-0.4, -0.2) is 39.7 Å². The lowest BCUT2D eigenvalue weighted by molar-refractivity contribution is -0.384. The molecule has 1 fully saturated rings. The normalized spacial score (nSPS) is 16.2. The van der Waals surface area contributed by atoms with Crippen LogP contribution in [0.5, 0.6) is 11.5 Å². The molecule has 0 saturated carbocycles. The molecule has 5 rings (SSSR count). The quantitative estimate of drug-likeness (QED) is 0.155. The lowest BCUT2D eigenvalue weighted by Gasteiger charge is -2.29. The lowest BCUT2D eigenvalue weighted by atomic mass is 9.96. The third-order valence-electron chi connectivity index (χ3n) is 7.27. The van der Waals surface area contributed by atoms with Crippen LogP contribution in [0.1, 0.15) is 41.7 Å². The van der Waals surface area contributed by atoms with Gasteiger partial charge in [-0.3, -0.25) is 19.9 Å². The number of carbonyl (C=O) groups is 1. The van der Waals surface area contributed by atoms with Gasteiger partial charge in [0.05, 0.1) is 48.3 Å². The Morgan fingerprint density at radius 3 is 2.45 bits per heavy atom. The van der Waals surface area contributed by atoms with Gasteiger partial charge in [-0.25, -0.2) is 0 Å². The largest absolute Gasteiger partial charge is 0.495 e. The fourth-order valence-corrected chi connectivity index (χ4v) is 5.85. The lowest BCUT2D eigenvalue weighted by Crippen LogP contribution is -2.29. The zero-order valence-electron chi connectivity index (χ0n) is 23.7. The van der Waals surface area contributed by atoms with Crippen molar-refractivity contribution in [3.63, 3.8) is 0 Å². The van der Waals surface area contributed by atoms with Gasteiger partial charge in [0.1, 0.15) is 11.5 Å². The van der Waals surface area contributed by atoms with Gasteiger partial charge in [-0.2, -0.15) is 0 Å². The van der Waals surface area contributed by atoms with E-state index in [2.05, 4.69) is 21.7 Å². The van der Waals surface area contributed by atoms with Crippen molar-refractivity contribution in [3.8, 4) is 17.2 Å². The van der Waals surface area contributed by atoms with Crippen LogP contribution in [0.3, 0.4) is 0 Å². The van der Waals surface area contributed by atoms with Crippen molar-refractivity contribution in [3.05, 3.63) is 99.6 Å². The summed E-state index contributed by atoms with van der Waals surface area (Å²) in [5.74, 6) is 0.785. The number of pyridine rings is 1. The maximum Gasteiger partial charge on any atom is 0.271 e. The van der Waals surface area contributed by atoms with E-state index in [1.54, 1.807) is 25.4 Å². The van der Waals surface area contributed by atoms with Crippen LogP contribution >= 0.6 is 12.2 Å². The fraction of sp³-hybridized carbons (Fsp3) is 0.233. The Balaban J connectivity index is 1.71. The van der Waals surface area contributed by atoms with Crippen LogP contribution in [0.4, 0.5) is 17.1 Å². The molecule has 216 valence electrons. The van der Waals surface area contributed by atoms with E-state index in [4.69, 9.17) is 21.7 Å². The number of hydrogen-bond donors (Lipinski definition) is 2. The summed E-state index contributed by atoms with van der Waals surface area (Å²) in [4.78, 5) is 29.8. The number of amides is 1. The predicted molar refractivity (Wildman–Crippen MR) is 164 cm³/mol. The van der Waals surface area contributed by atoms with Crippen LogP contribution in [0.25, 0.3) is 5.69 Å². The standard InChI is InChI=1S/C30H30N6O5S/c1-17-14-22(18(2)34(17)25-16-21(36(38)39)10-12-27(25)41-5)29-28(23-8-6-7-13-31-23)33-30(42)35(29)20-9-11-26(40-4)24(15-20)32-19(3)37/h6-16,28-29H,1-5H3,(H,32,37)(H,33,42)/t28-,29-/m0/s1. The second-order valence-corrected chi connectivity index (χ2v) is 10.2. The number of thiocarbonyl (C=S) groups is 1. The second-order valence-electron chi connectivity index (χ2n) is 9.84. The maximum absolute atomic E-state index is 12.0. The highest BCUT2D eigenvalue weighted by Gasteiger charge is 2.42. The molecule has 0 spiro atoms. The van der Waals surface area contributed by atoms with Crippen LogP contribution in [0, 0.1) is 24.0 Å². The van der Waals surface area contributed by atoms with Gasteiger partial charge in [0.15, 0.2) is 5.11 Å². The van der Waals surface area contributed by atoms with E-state index in [0.717, 1.165) is 28.3 Å². The molecule has 11 nitrogen and oxygen atoms in total. The minimum absolute atomic E-state index is 0.0414. The zero-order valence-corrected chi connectivity index (χ0v) is 24.6. The SMILES string of the molecule is COc1ccc(N2C(=S)N[C@@H](c3ccccn3)[C@@H]2c2cc(C)n(-c3cc([N+](=O)[O-])ccc3OC)c2C)cc1NC(C)=O. The van der Waals surface area contributed by atoms with E-state index >= 15 is 0 Å². The Kier molecular flexibility index (Phi) is 7.81. The van der Waals surface area contributed by atoms with Crippen molar-refractivity contribution < 1.29 is 19.2 Å². The summed E-state index contributed by atoms with van der Waals surface area (Å²) in [6.07, 6.45) is 1.74. The summed E-state index contributed by atoms with van der Waals surface area (Å²) >= 11 is 5.90. The molecule has 12 heteroatoms. The number of rotatable bonds is 8. The Bertz CT molecular complexity index is 1690. The van der Waals surface area contributed by atoms with Gasteiger partial charge in [0, 0.05) is 42.3 Å². The number of hydrogen-bond acceptors (Lipinski definition) is 7. The molecule has 1 amide bonds. The van der Waals surface area contributed by atoms with E-state index in [0.29, 0.717) is 28.0 Å². The average Bonchev–Trinajstić information content (AvgIpc) is 3.47. The van der Waals surface area contributed by atoms with Gasteiger partial charge in [0.2, 0.25) is 5.91 Å². The van der Waals surface area contributed by atoms with E-state index in [1.807, 2.05) is 53.6 Å². The number of methoxy groups -OCH3 is 2. The first-order chi connectivity index (χ1) is 20.1. The molecule has 2 N–H and O–H groups in total. The third-order valence-corrected chi connectivity index (χ3v) is 7.59. The van der Waals surface area contributed by atoms with E-state index in [-0.39, 0.29) is 23.7 Å². The van der Waals surface area contributed by atoms with Crippen LogP contribution < -0.4 is 25.0 Å². The summed E-state index contributed by atoms with van der Waals surface area (Å²) in [5.41, 5.74) is 5.19. The van der Waals surface area contributed by atoms with Crippen LogP contribution in [-0.2, 0) is 4.79 Å². The zero-order chi connectivity index (χ0) is 30.1. The highest BCUT2D eigenvalue weighted by Crippen LogP contribution is 2.45. The number of nitro benzene ring substituents is 1.